The van der Waals surface area contributed by atoms with E-state index in [2.05, 4.69) is 225 Å². The minimum atomic E-state index is -0.220. The molecule has 0 aliphatic carbocycles. The summed E-state index contributed by atoms with van der Waals surface area (Å²) >= 11 is -0.0134. The summed E-state index contributed by atoms with van der Waals surface area (Å²) in [4.78, 5) is 0. The van der Waals surface area contributed by atoms with Gasteiger partial charge in [-0.05, 0) is 0 Å². The summed E-state index contributed by atoms with van der Waals surface area (Å²) in [5.41, 5.74) is 25.8. The number of nitrogens with zero attached hydrogens (tertiary/aromatic N) is 2. The molecule has 2 nitrogen and oxygen atoms in total. The van der Waals surface area contributed by atoms with Crippen LogP contribution < -0.4 is 25.3 Å². The zero-order chi connectivity index (χ0) is 51.0. The Balaban J connectivity index is 1.21. The van der Waals surface area contributed by atoms with Crippen molar-refractivity contribution in [2.45, 2.75) is 169 Å². The first kappa shape index (κ1) is 45.3. The van der Waals surface area contributed by atoms with Crippen molar-refractivity contribution in [3.8, 4) is 0 Å². The number of hydrogen-bond donors (Lipinski definition) is 0. The van der Waals surface area contributed by atoms with E-state index in [1.165, 1.54) is 126 Å². The molecule has 7 heterocycles. The van der Waals surface area contributed by atoms with E-state index in [9.17, 15) is 0 Å². The quantitative estimate of drug-likeness (QED) is 0.134. The Hall–Kier alpha value is -5.28. The standard InChI is InChI=1S/C68H71BN2Se/c1-62(2,3)34-20-22-49-39(24-34)41-26-36(64(7,8)9)28-43-53-51(70(49)58(41)43)32-47-56-60(53)72-61-54-44-29-37(65(10,11)12)27-42-40-25-35(63(4,5)6)21-23-50(40)71(59(42)44)52(54)33-48-57(61)69(56)55-45(67(47,16)17)30-38(66(13,14)15)31-46(55)68(48,18)19/h20-33H,1-19H3. The molecule has 362 valence electrons. The molecule has 3 aliphatic rings. The molecular weight excluding hydrogens is 935 g/mol. The van der Waals surface area contributed by atoms with E-state index in [4.69, 9.17) is 0 Å². The Bertz CT molecular complexity index is 4030. The third kappa shape index (κ3) is 5.49. The molecular formula is C68H71BN2Se. The fraction of sp³-hybridized carbons (Fsp3) is 0.382. The molecule has 0 atom stereocenters. The second-order valence-corrected chi connectivity index (χ2v) is 31.3. The summed E-state index contributed by atoms with van der Waals surface area (Å²) in [5, 5.41) is 11.4. The maximum atomic E-state index is 2.71. The van der Waals surface area contributed by atoms with Crippen LogP contribution in [-0.4, -0.2) is 30.5 Å². The topological polar surface area (TPSA) is 8.82 Å². The number of benzene rings is 7. The zero-order valence-electron chi connectivity index (χ0n) is 46.5. The van der Waals surface area contributed by atoms with Gasteiger partial charge in [0.15, 0.2) is 0 Å². The second kappa shape index (κ2) is 13.1. The molecule has 0 fully saturated rings. The van der Waals surface area contributed by atoms with Gasteiger partial charge in [0.25, 0.3) is 0 Å². The third-order valence-corrected chi connectivity index (χ3v) is 21.3. The van der Waals surface area contributed by atoms with E-state index < -0.39 is 0 Å². The molecule has 4 heteroatoms. The van der Waals surface area contributed by atoms with Crippen LogP contribution in [0.1, 0.15) is 182 Å². The van der Waals surface area contributed by atoms with Crippen molar-refractivity contribution in [1.29, 1.82) is 0 Å². The molecule has 11 aromatic rings. The van der Waals surface area contributed by atoms with E-state index >= 15 is 0 Å². The fourth-order valence-corrected chi connectivity index (χ4v) is 17.4. The molecule has 0 bridgehead atoms. The Morgan fingerprint density at radius 1 is 0.347 bits per heavy atom. The van der Waals surface area contributed by atoms with Gasteiger partial charge in [-0.1, -0.05) is 0 Å². The van der Waals surface area contributed by atoms with Crippen LogP contribution in [0.2, 0.25) is 0 Å². The van der Waals surface area contributed by atoms with Crippen LogP contribution in [0.5, 0.6) is 0 Å². The third-order valence-electron chi connectivity index (χ3n) is 18.6. The Morgan fingerprint density at radius 2 is 0.667 bits per heavy atom. The Kier molecular flexibility index (Phi) is 8.28. The van der Waals surface area contributed by atoms with Gasteiger partial charge < -0.3 is 0 Å². The number of hydrogen-bond acceptors (Lipinski definition) is 0. The second-order valence-electron chi connectivity index (χ2n) is 29.1. The van der Waals surface area contributed by atoms with Crippen molar-refractivity contribution in [2.75, 3.05) is 0 Å². The van der Waals surface area contributed by atoms with Gasteiger partial charge in [-0.15, -0.1) is 0 Å². The first-order chi connectivity index (χ1) is 33.4. The molecule has 3 aliphatic heterocycles. The normalized spacial score (nSPS) is 16.7. The van der Waals surface area contributed by atoms with Gasteiger partial charge in [0.05, 0.1) is 0 Å². The Labute approximate surface area is 433 Å². The Morgan fingerprint density at radius 3 is 1.03 bits per heavy atom. The van der Waals surface area contributed by atoms with Crippen LogP contribution in [0.15, 0.2) is 84.9 Å². The van der Waals surface area contributed by atoms with Crippen molar-refractivity contribution in [2.24, 2.45) is 0 Å². The average molecular weight is 1010 g/mol. The van der Waals surface area contributed by atoms with Gasteiger partial charge in [-0.2, -0.15) is 0 Å². The summed E-state index contributed by atoms with van der Waals surface area (Å²) in [6.45, 7) is 46.3. The average Bonchev–Trinajstić information content (AvgIpc) is 4.00. The van der Waals surface area contributed by atoms with Crippen LogP contribution in [-0.2, 0) is 37.9 Å². The molecule has 0 saturated heterocycles. The molecule has 0 saturated carbocycles. The summed E-state index contributed by atoms with van der Waals surface area (Å²) in [5.74, 6) is 0. The van der Waals surface area contributed by atoms with Gasteiger partial charge in [0.2, 0.25) is 0 Å². The number of fused-ring (bicyclic) bond motifs is 14. The summed E-state index contributed by atoms with van der Waals surface area (Å²) in [6.07, 6.45) is 0. The number of rotatable bonds is 0. The van der Waals surface area contributed by atoms with Crippen LogP contribution in [0, 0.1) is 0 Å². The predicted octanol–water partition coefficient (Wildman–Crippen LogP) is 14.2. The van der Waals surface area contributed by atoms with Gasteiger partial charge in [0.1, 0.15) is 0 Å². The van der Waals surface area contributed by atoms with Gasteiger partial charge in [-0.25, -0.2) is 0 Å². The van der Waals surface area contributed by atoms with E-state index in [0.717, 1.165) is 0 Å². The molecule has 4 aromatic heterocycles. The summed E-state index contributed by atoms with van der Waals surface area (Å²) < 4.78 is 8.66. The fourth-order valence-electron chi connectivity index (χ4n) is 14.2. The molecule has 0 radical (unpaired) electrons. The van der Waals surface area contributed by atoms with Crippen molar-refractivity contribution >= 4 is 123 Å². The van der Waals surface area contributed by atoms with Crippen LogP contribution >= 0.6 is 0 Å². The predicted molar refractivity (Wildman–Crippen MR) is 316 cm³/mol. The maximum absolute atomic E-state index is 2.71. The van der Waals surface area contributed by atoms with Gasteiger partial charge in [0, 0.05) is 0 Å². The molecule has 0 amide bonds. The molecule has 0 spiro atoms. The van der Waals surface area contributed by atoms with Crippen molar-refractivity contribution in [1.82, 2.24) is 8.80 Å². The minimum absolute atomic E-state index is 0.0118. The van der Waals surface area contributed by atoms with Crippen molar-refractivity contribution in [3.05, 3.63) is 135 Å². The zero-order valence-corrected chi connectivity index (χ0v) is 48.2. The molecule has 7 aromatic carbocycles. The van der Waals surface area contributed by atoms with Gasteiger partial charge >= 0.3 is 436 Å². The monoisotopic (exact) mass is 1010 g/mol. The van der Waals surface area contributed by atoms with Crippen LogP contribution in [0.25, 0.3) is 76.2 Å². The van der Waals surface area contributed by atoms with E-state index in [0.29, 0.717) is 0 Å². The summed E-state index contributed by atoms with van der Waals surface area (Å²) in [7, 11) is 0. The van der Waals surface area contributed by atoms with Gasteiger partial charge in [-0.3, -0.25) is 0 Å². The molecule has 0 unspecified atom stereocenters. The van der Waals surface area contributed by atoms with E-state index in [1.807, 2.05) is 0 Å². The molecule has 0 N–H and O–H groups in total. The summed E-state index contributed by atoms with van der Waals surface area (Å²) in [6, 6.07) is 35.9. The first-order valence-electron chi connectivity index (χ1n) is 27.0. The molecule has 72 heavy (non-hydrogen) atoms. The van der Waals surface area contributed by atoms with Crippen molar-refractivity contribution < 1.29 is 0 Å². The van der Waals surface area contributed by atoms with Crippen LogP contribution in [0.4, 0.5) is 0 Å². The van der Waals surface area contributed by atoms with E-state index in [1.54, 1.807) is 25.3 Å². The SMILES string of the molecule is CC(C)(C)c1cc2c3c(c1)C(C)(C)c1cc4c(c5c1B3c1c(cc3c(c1[Se]5)c1cc(C(C)(C)C)cc5c6cc(C(C)(C)C)ccc6n3c51)C2(C)C)c1cc(C(C)(C)C)cc2c3cc(C(C)(C)C)ccc3n4c21. The molecule has 14 rings (SSSR count). The van der Waals surface area contributed by atoms with Crippen LogP contribution in [0.3, 0.4) is 0 Å². The van der Waals surface area contributed by atoms with E-state index in [-0.39, 0.29) is 59.6 Å². The number of aromatic nitrogens is 2. The first-order valence-corrected chi connectivity index (χ1v) is 28.7. The van der Waals surface area contributed by atoms with Crippen molar-refractivity contribution in [3.63, 3.8) is 0 Å².